The van der Waals surface area contributed by atoms with Crippen molar-refractivity contribution in [2.45, 2.75) is 25.7 Å². The van der Waals surface area contributed by atoms with Gasteiger partial charge in [-0.2, -0.15) is 4.31 Å². The molecule has 0 N–H and O–H groups in total. The predicted octanol–water partition coefficient (Wildman–Crippen LogP) is 5.06. The van der Waals surface area contributed by atoms with Gasteiger partial charge in [-0.05, 0) is 73.9 Å². The second kappa shape index (κ2) is 9.92. The predicted molar refractivity (Wildman–Crippen MR) is 130 cm³/mol. The summed E-state index contributed by atoms with van der Waals surface area (Å²) >= 11 is 0. The summed E-state index contributed by atoms with van der Waals surface area (Å²) < 4.78 is 38.6. The van der Waals surface area contributed by atoms with Crippen molar-refractivity contribution in [2.75, 3.05) is 18.5 Å². The van der Waals surface area contributed by atoms with Gasteiger partial charge in [0.1, 0.15) is 0 Å². The van der Waals surface area contributed by atoms with Crippen LogP contribution < -0.4 is 13.8 Å². The number of aryl methyl sites for hydroxylation is 2. The number of nitrogens with zero attached hydrogens (tertiary/aromatic N) is 1. The van der Waals surface area contributed by atoms with Crippen molar-refractivity contribution in [3.8, 4) is 11.5 Å². The SMILES string of the molecule is COc1ccc(/C=C/C(=O)N(c2cccc(C)c2C)S(=O)(=O)c2ccc(C)cc2)cc1OC. The summed E-state index contributed by atoms with van der Waals surface area (Å²) in [5, 5.41) is 0. The minimum absolute atomic E-state index is 0.0434. The Hall–Kier alpha value is -3.58. The molecule has 0 fully saturated rings. The van der Waals surface area contributed by atoms with E-state index in [-0.39, 0.29) is 4.90 Å². The first-order valence-corrected chi connectivity index (χ1v) is 11.8. The van der Waals surface area contributed by atoms with Gasteiger partial charge in [0, 0.05) is 6.08 Å². The molecule has 0 aromatic heterocycles. The smallest absolute Gasteiger partial charge is 0.271 e. The number of ether oxygens (including phenoxy) is 2. The molecule has 0 aliphatic carbocycles. The summed E-state index contributed by atoms with van der Waals surface area (Å²) in [6.45, 7) is 5.54. The van der Waals surface area contributed by atoms with Gasteiger partial charge >= 0.3 is 0 Å². The van der Waals surface area contributed by atoms with E-state index in [2.05, 4.69) is 0 Å². The molecule has 6 nitrogen and oxygen atoms in total. The van der Waals surface area contributed by atoms with E-state index in [1.807, 2.05) is 19.9 Å². The fraction of sp³-hybridized carbons (Fsp3) is 0.192. The lowest BCUT2D eigenvalue weighted by atomic mass is 10.1. The molecule has 3 rings (SSSR count). The highest BCUT2D eigenvalue weighted by Crippen LogP contribution is 2.30. The monoisotopic (exact) mass is 465 g/mol. The van der Waals surface area contributed by atoms with Crippen LogP contribution in [-0.4, -0.2) is 28.5 Å². The summed E-state index contributed by atoms with van der Waals surface area (Å²) in [5.41, 5.74) is 3.49. The number of carbonyl (C=O) groups excluding carboxylic acids is 1. The van der Waals surface area contributed by atoms with Crippen LogP contribution in [0.5, 0.6) is 11.5 Å². The molecule has 0 aliphatic heterocycles. The average molecular weight is 466 g/mol. The molecule has 0 spiro atoms. The van der Waals surface area contributed by atoms with Crippen LogP contribution in [0.15, 0.2) is 71.6 Å². The third kappa shape index (κ3) is 5.09. The first-order valence-electron chi connectivity index (χ1n) is 10.3. The lowest BCUT2D eigenvalue weighted by Gasteiger charge is -2.24. The average Bonchev–Trinajstić information content (AvgIpc) is 2.80. The molecular weight excluding hydrogens is 438 g/mol. The molecule has 0 unspecified atom stereocenters. The van der Waals surface area contributed by atoms with Crippen molar-refractivity contribution in [1.82, 2.24) is 0 Å². The normalized spacial score (nSPS) is 11.4. The van der Waals surface area contributed by atoms with Crippen LogP contribution in [0.25, 0.3) is 6.08 Å². The van der Waals surface area contributed by atoms with Crippen molar-refractivity contribution in [3.05, 3.63) is 89.0 Å². The zero-order valence-electron chi connectivity index (χ0n) is 19.3. The van der Waals surface area contributed by atoms with Gasteiger partial charge in [0.2, 0.25) is 0 Å². The van der Waals surface area contributed by atoms with Crippen molar-refractivity contribution in [2.24, 2.45) is 0 Å². The third-order valence-electron chi connectivity index (χ3n) is 5.38. The van der Waals surface area contributed by atoms with Gasteiger partial charge in [-0.25, -0.2) is 8.42 Å². The van der Waals surface area contributed by atoms with Crippen LogP contribution in [0.3, 0.4) is 0 Å². The van der Waals surface area contributed by atoms with Crippen LogP contribution >= 0.6 is 0 Å². The molecule has 7 heteroatoms. The van der Waals surface area contributed by atoms with Crippen LogP contribution in [0.4, 0.5) is 5.69 Å². The second-order valence-corrected chi connectivity index (χ2v) is 9.37. The molecule has 0 aliphatic rings. The molecule has 0 atom stereocenters. The Morgan fingerprint density at radius 3 is 2.18 bits per heavy atom. The number of carbonyl (C=O) groups is 1. The van der Waals surface area contributed by atoms with E-state index in [1.165, 1.54) is 32.4 Å². The summed E-state index contributed by atoms with van der Waals surface area (Å²) in [4.78, 5) is 13.4. The third-order valence-corrected chi connectivity index (χ3v) is 7.11. The largest absolute Gasteiger partial charge is 0.493 e. The van der Waals surface area contributed by atoms with Crippen LogP contribution in [-0.2, 0) is 14.8 Å². The zero-order valence-corrected chi connectivity index (χ0v) is 20.1. The number of benzene rings is 3. The molecule has 33 heavy (non-hydrogen) atoms. The van der Waals surface area contributed by atoms with Gasteiger partial charge < -0.3 is 9.47 Å². The Labute approximate surface area is 195 Å². The molecule has 0 saturated heterocycles. The van der Waals surface area contributed by atoms with E-state index in [0.717, 1.165) is 15.4 Å². The van der Waals surface area contributed by atoms with Gasteiger partial charge in [0.15, 0.2) is 11.5 Å². The first-order chi connectivity index (χ1) is 15.7. The van der Waals surface area contributed by atoms with E-state index in [9.17, 15) is 13.2 Å². The molecular formula is C26H27NO5S. The number of anilines is 1. The molecule has 0 bridgehead atoms. The highest BCUT2D eigenvalue weighted by atomic mass is 32.2. The minimum atomic E-state index is -4.15. The highest BCUT2D eigenvalue weighted by molar-refractivity contribution is 7.93. The fourth-order valence-electron chi connectivity index (χ4n) is 3.33. The molecule has 0 radical (unpaired) electrons. The highest BCUT2D eigenvalue weighted by Gasteiger charge is 2.31. The van der Waals surface area contributed by atoms with E-state index < -0.39 is 15.9 Å². The maximum atomic E-state index is 13.6. The van der Waals surface area contributed by atoms with Gasteiger partial charge in [-0.3, -0.25) is 4.79 Å². The van der Waals surface area contributed by atoms with Gasteiger partial charge in [0.25, 0.3) is 15.9 Å². The zero-order chi connectivity index (χ0) is 24.2. The van der Waals surface area contributed by atoms with Crippen molar-refractivity contribution in [1.29, 1.82) is 0 Å². The van der Waals surface area contributed by atoms with E-state index >= 15 is 0 Å². The topological polar surface area (TPSA) is 72.9 Å². The molecule has 1 amide bonds. The molecule has 0 heterocycles. The van der Waals surface area contributed by atoms with Crippen LogP contribution in [0.2, 0.25) is 0 Å². The molecule has 0 saturated carbocycles. The summed E-state index contributed by atoms with van der Waals surface area (Å²) in [5.74, 6) is 0.379. The number of methoxy groups -OCH3 is 2. The summed E-state index contributed by atoms with van der Waals surface area (Å²) in [7, 11) is -1.09. The van der Waals surface area contributed by atoms with Gasteiger partial charge in [0.05, 0.1) is 24.8 Å². The molecule has 172 valence electrons. The Morgan fingerprint density at radius 1 is 0.879 bits per heavy atom. The van der Waals surface area contributed by atoms with E-state index in [1.54, 1.807) is 55.5 Å². The molecule has 3 aromatic rings. The lowest BCUT2D eigenvalue weighted by molar-refractivity contribution is -0.113. The van der Waals surface area contributed by atoms with Crippen LogP contribution in [0.1, 0.15) is 22.3 Å². The number of hydrogen-bond acceptors (Lipinski definition) is 5. The van der Waals surface area contributed by atoms with E-state index in [0.29, 0.717) is 28.3 Å². The van der Waals surface area contributed by atoms with Crippen molar-refractivity contribution < 1.29 is 22.7 Å². The maximum Gasteiger partial charge on any atom is 0.271 e. The first kappa shape index (κ1) is 24.1. The van der Waals surface area contributed by atoms with Crippen molar-refractivity contribution in [3.63, 3.8) is 0 Å². The van der Waals surface area contributed by atoms with Gasteiger partial charge in [-0.15, -0.1) is 0 Å². The molecule has 3 aromatic carbocycles. The number of amides is 1. The summed E-state index contributed by atoms with van der Waals surface area (Å²) in [6.07, 6.45) is 2.79. The maximum absolute atomic E-state index is 13.6. The Balaban J connectivity index is 2.08. The Bertz CT molecular complexity index is 1290. The number of hydrogen-bond donors (Lipinski definition) is 0. The van der Waals surface area contributed by atoms with Crippen molar-refractivity contribution >= 4 is 27.7 Å². The second-order valence-electron chi connectivity index (χ2n) is 7.59. The van der Waals surface area contributed by atoms with E-state index in [4.69, 9.17) is 9.47 Å². The Kier molecular flexibility index (Phi) is 7.23. The number of rotatable bonds is 7. The van der Waals surface area contributed by atoms with Crippen LogP contribution in [0, 0.1) is 20.8 Å². The minimum Gasteiger partial charge on any atom is -0.493 e. The van der Waals surface area contributed by atoms with Gasteiger partial charge in [-0.1, -0.05) is 35.9 Å². The standard InChI is InChI=1S/C26H27NO5S/c1-18-9-13-22(14-10-18)33(29,30)27(23-8-6-7-19(2)20(23)3)26(28)16-12-21-11-15-24(31-4)25(17-21)32-5/h6-17H,1-5H3/b16-12+. The fourth-order valence-corrected chi connectivity index (χ4v) is 4.77. The summed E-state index contributed by atoms with van der Waals surface area (Å²) in [6, 6.07) is 16.9. The lowest BCUT2D eigenvalue weighted by Crippen LogP contribution is -2.36. The quantitative estimate of drug-likeness (QED) is 0.456. The Morgan fingerprint density at radius 2 is 1.55 bits per heavy atom. The number of sulfonamides is 1.